The SMILES string of the molecule is CCCCCCCCCCCCCCCCCC(=O)OC[C@@H](C)[C@@]1(O)[C@@H](O)C[C@H]2[C@@H]3CC=C4C[C@@H](O)CC[C@]4(C)[C@H]3CC[C@@]21C. The van der Waals surface area contributed by atoms with Crippen LogP contribution in [0.3, 0.4) is 0 Å². The number of esters is 1. The number of hydrogen-bond donors (Lipinski definition) is 3. The van der Waals surface area contributed by atoms with Gasteiger partial charge in [0, 0.05) is 17.8 Å². The molecule has 45 heavy (non-hydrogen) atoms. The Hall–Kier alpha value is -0.910. The lowest BCUT2D eigenvalue weighted by atomic mass is 9.46. The first-order valence-corrected chi connectivity index (χ1v) is 19.5. The van der Waals surface area contributed by atoms with Crippen LogP contribution >= 0.6 is 0 Å². The highest BCUT2D eigenvalue weighted by molar-refractivity contribution is 5.69. The van der Waals surface area contributed by atoms with Crippen LogP contribution in [0, 0.1) is 34.5 Å². The molecule has 4 aliphatic carbocycles. The molecule has 9 atom stereocenters. The molecule has 0 aromatic carbocycles. The van der Waals surface area contributed by atoms with Crippen LogP contribution in [-0.2, 0) is 9.53 Å². The Labute approximate surface area is 276 Å². The van der Waals surface area contributed by atoms with Crippen LogP contribution in [0.2, 0.25) is 0 Å². The third kappa shape index (κ3) is 8.40. The molecule has 0 heterocycles. The van der Waals surface area contributed by atoms with E-state index in [-0.39, 0.29) is 35.9 Å². The number of aliphatic hydroxyl groups is 3. The molecule has 5 nitrogen and oxygen atoms in total. The molecular weight excluding hydrogens is 560 g/mol. The molecule has 0 aromatic heterocycles. The highest BCUT2D eigenvalue weighted by Gasteiger charge is 2.68. The standard InChI is InChI=1S/C40H70O5/c1-5-6-7-8-9-10-11-12-13-14-15-16-17-18-19-20-37(43)45-29-30(2)40(44)36(42)28-35-33-22-21-31-27-32(41)23-25-38(31,3)34(33)24-26-39(35,40)4/h21,30,32-36,41-42,44H,5-20,22-29H2,1-4H3/t30-,32+,33-,34+,35+,36+,38+,39+,40-/m1/s1. The van der Waals surface area contributed by atoms with Gasteiger partial charge in [0.05, 0.1) is 18.8 Å². The van der Waals surface area contributed by atoms with Crippen molar-refractivity contribution in [3.8, 4) is 0 Å². The molecule has 4 aliphatic rings. The maximum absolute atomic E-state index is 12.6. The largest absolute Gasteiger partial charge is 0.465 e. The summed E-state index contributed by atoms with van der Waals surface area (Å²) >= 11 is 0. The number of unbranched alkanes of at least 4 members (excludes halogenated alkanes) is 14. The summed E-state index contributed by atoms with van der Waals surface area (Å²) in [6.07, 6.45) is 27.6. The normalized spacial score (nSPS) is 36.5. The van der Waals surface area contributed by atoms with Crippen molar-refractivity contribution in [3.05, 3.63) is 11.6 Å². The molecule has 260 valence electrons. The molecule has 3 saturated carbocycles. The van der Waals surface area contributed by atoms with Gasteiger partial charge >= 0.3 is 5.97 Å². The Morgan fingerprint density at radius 1 is 0.867 bits per heavy atom. The first-order valence-electron chi connectivity index (χ1n) is 19.5. The zero-order chi connectivity index (χ0) is 32.5. The summed E-state index contributed by atoms with van der Waals surface area (Å²) in [4.78, 5) is 12.6. The Balaban J connectivity index is 1.13. The van der Waals surface area contributed by atoms with E-state index in [9.17, 15) is 20.1 Å². The van der Waals surface area contributed by atoms with E-state index in [0.29, 0.717) is 24.7 Å². The molecule has 0 saturated heterocycles. The van der Waals surface area contributed by atoms with Crippen molar-refractivity contribution in [1.29, 1.82) is 0 Å². The van der Waals surface area contributed by atoms with Crippen LogP contribution in [0.25, 0.3) is 0 Å². The van der Waals surface area contributed by atoms with Gasteiger partial charge in [0.2, 0.25) is 0 Å². The molecule has 0 radical (unpaired) electrons. The number of rotatable bonds is 19. The van der Waals surface area contributed by atoms with Gasteiger partial charge in [0.15, 0.2) is 0 Å². The Bertz CT molecular complexity index is 947. The highest BCUT2D eigenvalue weighted by Crippen LogP contribution is 2.68. The van der Waals surface area contributed by atoms with E-state index in [1.165, 1.54) is 89.0 Å². The smallest absolute Gasteiger partial charge is 0.305 e. The van der Waals surface area contributed by atoms with E-state index in [2.05, 4.69) is 26.8 Å². The van der Waals surface area contributed by atoms with Gasteiger partial charge in [0.1, 0.15) is 5.60 Å². The lowest BCUT2D eigenvalue weighted by molar-refractivity contribution is -0.191. The Morgan fingerprint density at radius 3 is 2.04 bits per heavy atom. The molecule has 5 heteroatoms. The fraction of sp³-hybridized carbons (Fsp3) is 0.925. The minimum atomic E-state index is -1.26. The maximum Gasteiger partial charge on any atom is 0.305 e. The van der Waals surface area contributed by atoms with Crippen LogP contribution < -0.4 is 0 Å². The lowest BCUT2D eigenvalue weighted by Gasteiger charge is -2.59. The minimum absolute atomic E-state index is 0.128. The van der Waals surface area contributed by atoms with Crippen molar-refractivity contribution in [2.75, 3.05) is 6.61 Å². The van der Waals surface area contributed by atoms with Crippen molar-refractivity contribution in [2.24, 2.45) is 34.5 Å². The highest BCUT2D eigenvalue weighted by atomic mass is 16.5. The second-order valence-electron chi connectivity index (χ2n) is 16.5. The fourth-order valence-corrected chi connectivity index (χ4v) is 10.6. The van der Waals surface area contributed by atoms with E-state index >= 15 is 0 Å². The van der Waals surface area contributed by atoms with E-state index in [0.717, 1.165) is 51.4 Å². The molecule has 0 aromatic rings. The molecular formula is C40H70O5. The van der Waals surface area contributed by atoms with Gasteiger partial charge in [-0.15, -0.1) is 0 Å². The quantitative estimate of drug-likeness (QED) is 0.0752. The summed E-state index contributed by atoms with van der Waals surface area (Å²) < 4.78 is 5.73. The summed E-state index contributed by atoms with van der Waals surface area (Å²) in [6.45, 7) is 9.01. The number of fused-ring (bicyclic) bond motifs is 5. The Morgan fingerprint density at radius 2 is 1.44 bits per heavy atom. The average molecular weight is 631 g/mol. The predicted molar refractivity (Wildman–Crippen MR) is 184 cm³/mol. The first-order chi connectivity index (χ1) is 21.6. The van der Waals surface area contributed by atoms with E-state index < -0.39 is 17.1 Å². The van der Waals surface area contributed by atoms with Crippen molar-refractivity contribution >= 4 is 5.97 Å². The zero-order valence-corrected chi connectivity index (χ0v) is 29.7. The van der Waals surface area contributed by atoms with Gasteiger partial charge < -0.3 is 20.1 Å². The number of allylic oxidation sites excluding steroid dienone is 1. The van der Waals surface area contributed by atoms with Crippen LogP contribution in [0.5, 0.6) is 0 Å². The minimum Gasteiger partial charge on any atom is -0.465 e. The number of aliphatic hydroxyl groups excluding tert-OH is 2. The average Bonchev–Trinajstić information content (AvgIpc) is 3.23. The van der Waals surface area contributed by atoms with Gasteiger partial charge in [-0.25, -0.2) is 0 Å². The van der Waals surface area contributed by atoms with Crippen LogP contribution in [0.15, 0.2) is 11.6 Å². The molecule has 0 bridgehead atoms. The summed E-state index contributed by atoms with van der Waals surface area (Å²) in [5.41, 5.74) is -0.0906. The van der Waals surface area contributed by atoms with Gasteiger partial charge in [-0.2, -0.15) is 0 Å². The zero-order valence-electron chi connectivity index (χ0n) is 29.7. The fourth-order valence-electron chi connectivity index (χ4n) is 10.6. The summed E-state index contributed by atoms with van der Waals surface area (Å²) in [5, 5.41) is 34.0. The van der Waals surface area contributed by atoms with Crippen LogP contribution in [-0.4, -0.2) is 45.7 Å². The monoisotopic (exact) mass is 631 g/mol. The number of carbonyl (C=O) groups excluding carboxylic acids is 1. The van der Waals surface area contributed by atoms with E-state index in [4.69, 9.17) is 4.74 Å². The lowest BCUT2D eigenvalue weighted by Crippen LogP contribution is -2.60. The first kappa shape index (κ1) is 36.9. The molecule has 0 amide bonds. The number of hydrogen-bond acceptors (Lipinski definition) is 5. The molecule has 0 unspecified atom stereocenters. The number of ether oxygens (including phenoxy) is 1. The van der Waals surface area contributed by atoms with Crippen LogP contribution in [0.1, 0.15) is 175 Å². The van der Waals surface area contributed by atoms with E-state index in [1.807, 2.05) is 6.92 Å². The topological polar surface area (TPSA) is 87.0 Å². The molecule has 3 fully saturated rings. The second kappa shape index (κ2) is 17.0. The third-order valence-electron chi connectivity index (χ3n) is 13.6. The van der Waals surface area contributed by atoms with Gasteiger partial charge in [0.25, 0.3) is 0 Å². The second-order valence-corrected chi connectivity index (χ2v) is 16.5. The summed E-state index contributed by atoms with van der Waals surface area (Å²) in [5.74, 6) is 0.739. The molecule has 4 rings (SSSR count). The van der Waals surface area contributed by atoms with Crippen molar-refractivity contribution < 1.29 is 24.9 Å². The van der Waals surface area contributed by atoms with Crippen molar-refractivity contribution in [1.82, 2.24) is 0 Å². The van der Waals surface area contributed by atoms with Gasteiger partial charge in [-0.3, -0.25) is 4.79 Å². The summed E-state index contributed by atoms with van der Waals surface area (Å²) in [7, 11) is 0. The van der Waals surface area contributed by atoms with Crippen molar-refractivity contribution in [3.63, 3.8) is 0 Å². The van der Waals surface area contributed by atoms with E-state index in [1.54, 1.807) is 0 Å². The predicted octanol–water partition coefficient (Wildman–Crippen LogP) is 9.45. The number of carbonyl (C=O) groups is 1. The maximum atomic E-state index is 12.6. The third-order valence-corrected chi connectivity index (χ3v) is 13.6. The molecule has 0 spiro atoms. The van der Waals surface area contributed by atoms with Crippen LogP contribution in [0.4, 0.5) is 0 Å². The van der Waals surface area contributed by atoms with Crippen molar-refractivity contribution in [2.45, 2.75) is 193 Å². The van der Waals surface area contributed by atoms with Gasteiger partial charge in [-0.05, 0) is 74.5 Å². The molecule has 3 N–H and O–H groups in total. The van der Waals surface area contributed by atoms with Gasteiger partial charge in [-0.1, -0.05) is 129 Å². The Kier molecular flexibility index (Phi) is 13.9. The summed E-state index contributed by atoms with van der Waals surface area (Å²) in [6, 6.07) is 0. The molecule has 0 aliphatic heterocycles.